The predicted molar refractivity (Wildman–Crippen MR) is 55.6 cm³/mol. The smallest absolute Gasteiger partial charge is 0.151 e. The summed E-state index contributed by atoms with van der Waals surface area (Å²) >= 11 is 0. The summed E-state index contributed by atoms with van der Waals surface area (Å²) in [5.41, 5.74) is 1.54. The maximum atomic E-state index is 11.0. The third-order valence-electron chi connectivity index (χ3n) is 1.89. The Kier molecular flexibility index (Phi) is 3.29. The Morgan fingerprint density at radius 3 is 2.14 bits per heavy atom. The van der Waals surface area contributed by atoms with Crippen molar-refractivity contribution < 1.29 is 13.5 Å². The van der Waals surface area contributed by atoms with Gasteiger partial charge >= 0.3 is 0 Å². The van der Waals surface area contributed by atoms with E-state index in [1.807, 2.05) is 0 Å². The molecule has 0 aliphatic heterocycles. The van der Waals surface area contributed by atoms with Crippen LogP contribution in [-0.4, -0.2) is 19.8 Å². The van der Waals surface area contributed by atoms with Crippen molar-refractivity contribution in [2.45, 2.75) is 18.8 Å². The maximum Gasteiger partial charge on any atom is 0.151 e. The lowest BCUT2D eigenvalue weighted by atomic mass is 10.1. The van der Waals surface area contributed by atoms with Crippen molar-refractivity contribution in [3.8, 4) is 0 Å². The van der Waals surface area contributed by atoms with Gasteiger partial charge in [-0.1, -0.05) is 24.3 Å². The van der Waals surface area contributed by atoms with Crippen LogP contribution in [0.25, 0.3) is 0 Å². The Morgan fingerprint density at radius 2 is 1.79 bits per heavy atom. The van der Waals surface area contributed by atoms with Crippen LogP contribution in [0.1, 0.15) is 24.2 Å². The molecule has 0 amide bonds. The van der Waals surface area contributed by atoms with Crippen LogP contribution in [0.2, 0.25) is 0 Å². The molecule has 0 fully saturated rings. The van der Waals surface area contributed by atoms with Crippen LogP contribution in [0.5, 0.6) is 0 Å². The highest BCUT2D eigenvalue weighted by Gasteiger charge is 2.05. The number of hydrogen-bond donors (Lipinski definition) is 1. The third kappa shape index (κ3) is 3.47. The van der Waals surface area contributed by atoms with Crippen LogP contribution in [0.4, 0.5) is 0 Å². The van der Waals surface area contributed by atoms with Crippen LogP contribution in [0, 0.1) is 0 Å². The minimum Gasteiger partial charge on any atom is -0.389 e. The van der Waals surface area contributed by atoms with Gasteiger partial charge < -0.3 is 5.11 Å². The van der Waals surface area contributed by atoms with Gasteiger partial charge in [0.1, 0.15) is 0 Å². The van der Waals surface area contributed by atoms with E-state index in [0.717, 1.165) is 11.1 Å². The van der Waals surface area contributed by atoms with Gasteiger partial charge in [-0.2, -0.15) is 0 Å². The van der Waals surface area contributed by atoms with Crippen LogP contribution in [0.15, 0.2) is 24.3 Å². The first kappa shape index (κ1) is 11.2. The molecule has 1 unspecified atom stereocenters. The zero-order valence-electron chi connectivity index (χ0n) is 8.27. The van der Waals surface area contributed by atoms with E-state index < -0.39 is 15.9 Å². The molecule has 0 saturated heterocycles. The van der Waals surface area contributed by atoms with Crippen molar-refractivity contribution in [3.63, 3.8) is 0 Å². The molecule has 78 valence electrons. The quantitative estimate of drug-likeness (QED) is 0.824. The van der Waals surface area contributed by atoms with Gasteiger partial charge in [0.25, 0.3) is 0 Å². The van der Waals surface area contributed by atoms with Crippen LogP contribution < -0.4 is 0 Å². The SMILES string of the molecule is CC(O)c1ccc(CS(C)(=O)=O)cc1. The first-order valence-corrected chi connectivity index (χ1v) is 6.39. The Hall–Kier alpha value is -0.870. The molecule has 1 aromatic rings. The van der Waals surface area contributed by atoms with Crippen molar-refractivity contribution in [2.75, 3.05) is 6.26 Å². The average molecular weight is 214 g/mol. The molecule has 1 atom stereocenters. The number of aliphatic hydroxyl groups excluding tert-OH is 1. The van der Waals surface area contributed by atoms with E-state index in [-0.39, 0.29) is 5.75 Å². The third-order valence-corrected chi connectivity index (χ3v) is 2.75. The summed E-state index contributed by atoms with van der Waals surface area (Å²) in [6, 6.07) is 6.93. The van der Waals surface area contributed by atoms with Gasteiger partial charge in [0.2, 0.25) is 0 Å². The highest BCUT2D eigenvalue weighted by atomic mass is 32.2. The van der Waals surface area contributed by atoms with Crippen molar-refractivity contribution in [1.29, 1.82) is 0 Å². The van der Waals surface area contributed by atoms with Crippen LogP contribution in [-0.2, 0) is 15.6 Å². The summed E-state index contributed by atoms with van der Waals surface area (Å²) in [5, 5.41) is 9.23. The molecule has 0 bridgehead atoms. The molecular weight excluding hydrogens is 200 g/mol. The number of benzene rings is 1. The van der Waals surface area contributed by atoms with E-state index >= 15 is 0 Å². The Balaban J connectivity index is 2.84. The standard InChI is InChI=1S/C10H14O3S/c1-8(11)10-5-3-9(4-6-10)7-14(2,12)13/h3-6,8,11H,7H2,1-2H3. The molecule has 1 N–H and O–H groups in total. The fraction of sp³-hybridized carbons (Fsp3) is 0.400. The molecule has 0 radical (unpaired) electrons. The fourth-order valence-electron chi connectivity index (χ4n) is 1.20. The zero-order chi connectivity index (χ0) is 10.8. The minimum absolute atomic E-state index is 0.0487. The lowest BCUT2D eigenvalue weighted by Crippen LogP contribution is -2.01. The predicted octanol–water partition coefficient (Wildman–Crippen LogP) is 1.28. The Morgan fingerprint density at radius 1 is 1.29 bits per heavy atom. The lowest BCUT2D eigenvalue weighted by Gasteiger charge is -2.05. The highest BCUT2D eigenvalue weighted by molar-refractivity contribution is 7.89. The monoisotopic (exact) mass is 214 g/mol. The lowest BCUT2D eigenvalue weighted by molar-refractivity contribution is 0.199. The molecule has 0 heterocycles. The topological polar surface area (TPSA) is 54.4 Å². The van der Waals surface area contributed by atoms with Crippen molar-refractivity contribution >= 4 is 9.84 Å². The first-order valence-electron chi connectivity index (χ1n) is 4.33. The average Bonchev–Trinajstić information content (AvgIpc) is 2.02. The fourth-order valence-corrected chi connectivity index (χ4v) is 1.99. The zero-order valence-corrected chi connectivity index (χ0v) is 9.08. The molecule has 0 saturated carbocycles. The van der Waals surface area contributed by atoms with Gasteiger partial charge in [-0.3, -0.25) is 0 Å². The molecule has 0 spiro atoms. The summed E-state index contributed by atoms with van der Waals surface area (Å²) in [7, 11) is -2.97. The minimum atomic E-state index is -2.97. The molecule has 0 aliphatic rings. The highest BCUT2D eigenvalue weighted by Crippen LogP contribution is 2.13. The normalized spacial score (nSPS) is 13.9. The van der Waals surface area contributed by atoms with Crippen molar-refractivity contribution in [2.24, 2.45) is 0 Å². The van der Waals surface area contributed by atoms with E-state index in [1.165, 1.54) is 6.26 Å². The first-order chi connectivity index (χ1) is 6.38. The molecule has 0 aromatic heterocycles. The summed E-state index contributed by atoms with van der Waals surface area (Å²) in [5.74, 6) is 0.0487. The summed E-state index contributed by atoms with van der Waals surface area (Å²) in [6.07, 6.45) is 0.692. The van der Waals surface area contributed by atoms with Gasteiger partial charge in [0.05, 0.1) is 11.9 Å². The maximum absolute atomic E-state index is 11.0. The van der Waals surface area contributed by atoms with E-state index in [9.17, 15) is 13.5 Å². The van der Waals surface area contributed by atoms with Crippen molar-refractivity contribution in [3.05, 3.63) is 35.4 Å². The van der Waals surface area contributed by atoms with E-state index in [4.69, 9.17) is 0 Å². The van der Waals surface area contributed by atoms with Crippen LogP contribution in [0.3, 0.4) is 0 Å². The number of aliphatic hydroxyl groups is 1. The van der Waals surface area contributed by atoms with E-state index in [1.54, 1.807) is 31.2 Å². The summed E-state index contributed by atoms with van der Waals surface area (Å²) in [6.45, 7) is 1.67. The molecule has 1 rings (SSSR count). The number of hydrogen-bond acceptors (Lipinski definition) is 3. The van der Waals surface area contributed by atoms with E-state index in [0.29, 0.717) is 0 Å². The second kappa shape index (κ2) is 4.11. The Labute approximate surface area is 84.3 Å². The van der Waals surface area contributed by atoms with Gasteiger partial charge in [0.15, 0.2) is 9.84 Å². The second-order valence-electron chi connectivity index (χ2n) is 3.49. The van der Waals surface area contributed by atoms with Crippen LogP contribution >= 0.6 is 0 Å². The van der Waals surface area contributed by atoms with Gasteiger partial charge in [-0.15, -0.1) is 0 Å². The molecule has 14 heavy (non-hydrogen) atoms. The summed E-state index contributed by atoms with van der Waals surface area (Å²) < 4.78 is 21.9. The largest absolute Gasteiger partial charge is 0.389 e. The molecule has 4 heteroatoms. The molecule has 1 aromatic carbocycles. The number of rotatable bonds is 3. The molecule has 0 aliphatic carbocycles. The summed E-state index contributed by atoms with van der Waals surface area (Å²) in [4.78, 5) is 0. The second-order valence-corrected chi connectivity index (χ2v) is 5.63. The number of sulfone groups is 1. The molecular formula is C10H14O3S. The van der Waals surface area contributed by atoms with E-state index in [2.05, 4.69) is 0 Å². The molecule has 3 nitrogen and oxygen atoms in total. The van der Waals surface area contributed by atoms with Gasteiger partial charge in [-0.05, 0) is 18.1 Å². The Bertz CT molecular complexity index is 390. The van der Waals surface area contributed by atoms with Crippen molar-refractivity contribution in [1.82, 2.24) is 0 Å². The van der Waals surface area contributed by atoms with Gasteiger partial charge in [-0.25, -0.2) is 8.42 Å². The van der Waals surface area contributed by atoms with Gasteiger partial charge in [0, 0.05) is 6.26 Å².